The number of carbonyl (C=O) groups is 1. The van der Waals surface area contributed by atoms with Crippen LogP contribution in [0.5, 0.6) is 5.75 Å². The van der Waals surface area contributed by atoms with Crippen molar-refractivity contribution >= 4 is 5.91 Å². The second kappa shape index (κ2) is 17.4. The van der Waals surface area contributed by atoms with Crippen LogP contribution in [0.1, 0.15) is 109 Å². The van der Waals surface area contributed by atoms with Gasteiger partial charge in [-0.3, -0.25) is 4.79 Å². The molecule has 166 valence electrons. The van der Waals surface area contributed by atoms with Crippen molar-refractivity contribution in [3.05, 3.63) is 29.8 Å². The molecule has 0 spiro atoms. The highest BCUT2D eigenvalue weighted by Gasteiger charge is 2.17. The summed E-state index contributed by atoms with van der Waals surface area (Å²) in [6.45, 7) is 2.28. The number of unbranched alkanes of at least 4 members (excludes halogenated alkanes) is 13. The zero-order chi connectivity index (χ0) is 21.2. The lowest BCUT2D eigenvalue weighted by Crippen LogP contribution is -2.25. The van der Waals surface area contributed by atoms with Gasteiger partial charge < -0.3 is 10.5 Å². The first kappa shape index (κ1) is 25.5. The smallest absolute Gasteiger partial charge is 0.220 e. The molecule has 1 aromatic carbocycles. The number of hydrogen-bond donors (Lipinski definition) is 1. The van der Waals surface area contributed by atoms with Crippen LogP contribution in [0.2, 0.25) is 0 Å². The second-order valence-corrected chi connectivity index (χ2v) is 8.50. The van der Waals surface area contributed by atoms with Crippen molar-refractivity contribution in [2.45, 2.75) is 110 Å². The fourth-order valence-corrected chi connectivity index (χ4v) is 4.07. The Labute approximate surface area is 179 Å². The Morgan fingerprint density at radius 3 is 1.79 bits per heavy atom. The van der Waals surface area contributed by atoms with Crippen LogP contribution >= 0.6 is 0 Å². The van der Waals surface area contributed by atoms with Gasteiger partial charge in [-0.2, -0.15) is 0 Å². The number of ether oxygens (including phenoxy) is 1. The molecule has 0 aliphatic heterocycles. The van der Waals surface area contributed by atoms with Gasteiger partial charge in [-0.1, -0.05) is 115 Å². The summed E-state index contributed by atoms with van der Waals surface area (Å²) in [5, 5.41) is 0. The van der Waals surface area contributed by atoms with E-state index in [1.165, 1.54) is 83.5 Å². The van der Waals surface area contributed by atoms with E-state index >= 15 is 0 Å². The van der Waals surface area contributed by atoms with Crippen molar-refractivity contribution in [1.29, 1.82) is 0 Å². The van der Waals surface area contributed by atoms with E-state index in [0.29, 0.717) is 6.42 Å². The number of para-hydroxylation sites is 1. The van der Waals surface area contributed by atoms with E-state index in [4.69, 9.17) is 10.5 Å². The van der Waals surface area contributed by atoms with E-state index in [9.17, 15) is 4.79 Å². The van der Waals surface area contributed by atoms with Gasteiger partial charge in [0.1, 0.15) is 5.75 Å². The molecular formula is C26H45NO2. The second-order valence-electron chi connectivity index (χ2n) is 8.50. The molecule has 3 nitrogen and oxygen atoms in total. The standard InChI is InChI=1S/C26H45NO2/c1-3-4-5-6-7-8-9-10-11-12-13-14-15-16-20-24(26(27)28)22-23-19-17-18-21-25(23)29-2/h17-19,21,24H,3-16,20,22H2,1-2H3,(H2,27,28). The third kappa shape index (κ3) is 12.6. The van der Waals surface area contributed by atoms with Gasteiger partial charge in [0.05, 0.1) is 7.11 Å². The minimum Gasteiger partial charge on any atom is -0.496 e. The number of methoxy groups -OCH3 is 1. The molecule has 3 heteroatoms. The predicted molar refractivity (Wildman–Crippen MR) is 124 cm³/mol. The monoisotopic (exact) mass is 403 g/mol. The molecule has 1 aromatic rings. The van der Waals surface area contributed by atoms with E-state index in [1.807, 2.05) is 24.3 Å². The van der Waals surface area contributed by atoms with Crippen molar-refractivity contribution in [3.63, 3.8) is 0 Å². The minimum absolute atomic E-state index is 0.0939. The normalized spacial score (nSPS) is 12.1. The molecule has 0 heterocycles. The predicted octanol–water partition coefficient (Wildman–Crippen LogP) is 7.21. The van der Waals surface area contributed by atoms with E-state index in [0.717, 1.165) is 24.2 Å². The van der Waals surface area contributed by atoms with Crippen LogP contribution in [-0.4, -0.2) is 13.0 Å². The zero-order valence-electron chi connectivity index (χ0n) is 19.1. The van der Waals surface area contributed by atoms with Crippen LogP contribution < -0.4 is 10.5 Å². The molecule has 29 heavy (non-hydrogen) atoms. The number of primary amides is 1. The van der Waals surface area contributed by atoms with Crippen LogP contribution in [0.25, 0.3) is 0 Å². The topological polar surface area (TPSA) is 52.3 Å². The highest BCUT2D eigenvalue weighted by atomic mass is 16.5. The van der Waals surface area contributed by atoms with Crippen molar-refractivity contribution in [2.24, 2.45) is 11.7 Å². The largest absolute Gasteiger partial charge is 0.496 e. The number of benzene rings is 1. The van der Waals surface area contributed by atoms with Crippen LogP contribution in [-0.2, 0) is 11.2 Å². The molecule has 0 aliphatic carbocycles. The molecule has 0 saturated heterocycles. The molecule has 2 N–H and O–H groups in total. The van der Waals surface area contributed by atoms with Gasteiger partial charge in [-0.25, -0.2) is 0 Å². The van der Waals surface area contributed by atoms with Gasteiger partial charge in [-0.05, 0) is 24.5 Å². The fourth-order valence-electron chi connectivity index (χ4n) is 4.07. The molecular weight excluding hydrogens is 358 g/mol. The maximum Gasteiger partial charge on any atom is 0.220 e. The van der Waals surface area contributed by atoms with Gasteiger partial charge >= 0.3 is 0 Å². The molecule has 0 aliphatic rings. The highest BCUT2D eigenvalue weighted by Crippen LogP contribution is 2.24. The van der Waals surface area contributed by atoms with Gasteiger partial charge in [0.2, 0.25) is 5.91 Å². The first-order chi connectivity index (χ1) is 14.2. The summed E-state index contributed by atoms with van der Waals surface area (Å²) in [5.74, 6) is 0.564. The first-order valence-electron chi connectivity index (χ1n) is 12.1. The van der Waals surface area contributed by atoms with Crippen molar-refractivity contribution < 1.29 is 9.53 Å². The fraction of sp³-hybridized carbons (Fsp3) is 0.731. The summed E-state index contributed by atoms with van der Waals surface area (Å²) in [6, 6.07) is 7.91. The molecule has 1 rings (SSSR count). The maximum absolute atomic E-state index is 11.8. The number of amides is 1. The van der Waals surface area contributed by atoms with E-state index in [-0.39, 0.29) is 11.8 Å². The molecule has 0 saturated carbocycles. The van der Waals surface area contributed by atoms with Crippen LogP contribution in [0.15, 0.2) is 24.3 Å². The summed E-state index contributed by atoms with van der Waals surface area (Å²) >= 11 is 0. The van der Waals surface area contributed by atoms with Crippen molar-refractivity contribution in [2.75, 3.05) is 7.11 Å². The molecule has 1 atom stereocenters. The lowest BCUT2D eigenvalue weighted by Gasteiger charge is -2.15. The van der Waals surface area contributed by atoms with Crippen LogP contribution in [0.4, 0.5) is 0 Å². The molecule has 0 radical (unpaired) electrons. The molecule has 1 amide bonds. The molecule has 0 fully saturated rings. The van der Waals surface area contributed by atoms with Crippen molar-refractivity contribution in [3.8, 4) is 5.75 Å². The summed E-state index contributed by atoms with van der Waals surface area (Å²) in [4.78, 5) is 11.8. The van der Waals surface area contributed by atoms with Crippen LogP contribution in [0, 0.1) is 5.92 Å². The van der Waals surface area contributed by atoms with Gasteiger partial charge in [0.25, 0.3) is 0 Å². The van der Waals surface area contributed by atoms with Gasteiger partial charge in [0, 0.05) is 5.92 Å². The molecule has 0 aromatic heterocycles. The highest BCUT2D eigenvalue weighted by molar-refractivity contribution is 5.77. The average molecular weight is 404 g/mol. The van der Waals surface area contributed by atoms with E-state index in [1.54, 1.807) is 7.11 Å². The lowest BCUT2D eigenvalue weighted by atomic mass is 9.92. The van der Waals surface area contributed by atoms with Crippen LogP contribution in [0.3, 0.4) is 0 Å². The van der Waals surface area contributed by atoms with Gasteiger partial charge in [0.15, 0.2) is 0 Å². The van der Waals surface area contributed by atoms with Crippen molar-refractivity contribution in [1.82, 2.24) is 0 Å². The quantitative estimate of drug-likeness (QED) is 0.248. The lowest BCUT2D eigenvalue weighted by molar-refractivity contribution is -0.122. The summed E-state index contributed by atoms with van der Waals surface area (Å²) < 4.78 is 5.40. The Bertz CT molecular complexity index is 529. The third-order valence-electron chi connectivity index (χ3n) is 5.97. The summed E-state index contributed by atoms with van der Waals surface area (Å²) in [7, 11) is 1.67. The van der Waals surface area contributed by atoms with Gasteiger partial charge in [-0.15, -0.1) is 0 Å². The summed E-state index contributed by atoms with van der Waals surface area (Å²) in [6.07, 6.45) is 20.4. The Morgan fingerprint density at radius 1 is 0.828 bits per heavy atom. The number of carbonyl (C=O) groups excluding carboxylic acids is 1. The Hall–Kier alpha value is -1.51. The Balaban J connectivity index is 2.04. The Morgan fingerprint density at radius 2 is 1.31 bits per heavy atom. The number of hydrogen-bond acceptors (Lipinski definition) is 2. The average Bonchev–Trinajstić information content (AvgIpc) is 2.73. The van der Waals surface area contributed by atoms with E-state index in [2.05, 4.69) is 6.92 Å². The zero-order valence-corrected chi connectivity index (χ0v) is 19.1. The first-order valence-corrected chi connectivity index (χ1v) is 12.1. The summed E-state index contributed by atoms with van der Waals surface area (Å²) in [5.41, 5.74) is 6.72. The molecule has 1 unspecified atom stereocenters. The SMILES string of the molecule is CCCCCCCCCCCCCCCCC(Cc1ccccc1OC)C(N)=O. The third-order valence-corrected chi connectivity index (χ3v) is 5.97. The number of nitrogens with two attached hydrogens (primary N) is 1. The Kier molecular flexibility index (Phi) is 15.3. The number of rotatable bonds is 19. The maximum atomic E-state index is 11.8. The minimum atomic E-state index is -0.189. The molecule has 0 bridgehead atoms. The van der Waals surface area contributed by atoms with E-state index < -0.39 is 0 Å².